The van der Waals surface area contributed by atoms with Crippen LogP contribution in [-0.4, -0.2) is 14.7 Å². The first-order chi connectivity index (χ1) is 8.95. The molecule has 0 bridgehead atoms. The van der Waals surface area contributed by atoms with Crippen molar-refractivity contribution in [2.75, 3.05) is 6.26 Å². The summed E-state index contributed by atoms with van der Waals surface area (Å²) in [6.45, 7) is 0.395. The maximum atomic E-state index is 11.4. The number of benzene rings is 2. The Bertz CT molecular complexity index is 681. The molecule has 0 aliphatic rings. The fraction of sp³-hybridized carbons (Fsp3) is 0.143. The third-order valence-corrected chi connectivity index (χ3v) is 4.13. The van der Waals surface area contributed by atoms with Gasteiger partial charge in [-0.3, -0.25) is 0 Å². The topological polar surface area (TPSA) is 43.4 Å². The summed E-state index contributed by atoms with van der Waals surface area (Å²) < 4.78 is 29.5. The van der Waals surface area contributed by atoms with Crippen molar-refractivity contribution in [3.63, 3.8) is 0 Å². The predicted octanol–water partition coefficient (Wildman–Crippen LogP) is 3.43. The summed E-state index contributed by atoms with van der Waals surface area (Å²) in [5, 5.41) is 0. The number of rotatable bonds is 4. The van der Waals surface area contributed by atoms with Gasteiger partial charge in [0.25, 0.3) is 0 Å². The third kappa shape index (κ3) is 4.08. The SMILES string of the molecule is CS(=O)(=O)c1cccc(OCc2cccc(Br)c2)c1. The van der Waals surface area contributed by atoms with E-state index >= 15 is 0 Å². The molecule has 0 spiro atoms. The molecule has 0 saturated heterocycles. The van der Waals surface area contributed by atoms with Crippen LogP contribution in [0.3, 0.4) is 0 Å². The molecule has 0 aliphatic carbocycles. The van der Waals surface area contributed by atoms with Crippen LogP contribution >= 0.6 is 15.9 Å². The van der Waals surface area contributed by atoms with Crippen LogP contribution in [0, 0.1) is 0 Å². The molecule has 0 N–H and O–H groups in total. The van der Waals surface area contributed by atoms with Crippen molar-refractivity contribution in [2.45, 2.75) is 11.5 Å². The summed E-state index contributed by atoms with van der Waals surface area (Å²) in [5.74, 6) is 0.544. The van der Waals surface area contributed by atoms with Crippen LogP contribution < -0.4 is 4.74 Å². The van der Waals surface area contributed by atoms with Gasteiger partial charge in [0.1, 0.15) is 12.4 Å². The van der Waals surface area contributed by atoms with Crippen LogP contribution in [0.15, 0.2) is 57.9 Å². The Balaban J connectivity index is 2.12. The molecule has 2 aromatic carbocycles. The number of hydrogen-bond donors (Lipinski definition) is 0. The zero-order valence-electron chi connectivity index (χ0n) is 10.3. The van der Waals surface area contributed by atoms with Crippen LogP contribution in [0.5, 0.6) is 5.75 Å². The molecule has 2 rings (SSSR count). The molecule has 0 radical (unpaired) electrons. The Morgan fingerprint density at radius 1 is 1.11 bits per heavy atom. The highest BCUT2D eigenvalue weighted by Crippen LogP contribution is 2.19. The average molecular weight is 341 g/mol. The van der Waals surface area contributed by atoms with Crippen molar-refractivity contribution in [1.29, 1.82) is 0 Å². The van der Waals surface area contributed by atoms with Gasteiger partial charge in [-0.15, -0.1) is 0 Å². The molecule has 3 nitrogen and oxygen atoms in total. The standard InChI is InChI=1S/C14H13BrO3S/c1-19(16,17)14-7-3-6-13(9-14)18-10-11-4-2-5-12(15)8-11/h2-9H,10H2,1H3. The Morgan fingerprint density at radius 2 is 1.84 bits per heavy atom. The van der Waals surface area contributed by atoms with Gasteiger partial charge in [0.05, 0.1) is 4.90 Å². The molecule has 0 atom stereocenters. The Morgan fingerprint density at radius 3 is 2.53 bits per heavy atom. The molecule has 2 aromatic rings. The van der Waals surface area contributed by atoms with E-state index in [2.05, 4.69) is 15.9 Å². The molecule has 0 saturated carbocycles. The summed E-state index contributed by atoms with van der Waals surface area (Å²) in [6.07, 6.45) is 1.18. The minimum Gasteiger partial charge on any atom is -0.489 e. The second kappa shape index (κ2) is 5.75. The normalized spacial score (nSPS) is 11.3. The van der Waals surface area contributed by atoms with E-state index in [0.29, 0.717) is 12.4 Å². The lowest BCUT2D eigenvalue weighted by molar-refractivity contribution is 0.305. The highest BCUT2D eigenvalue weighted by molar-refractivity contribution is 9.10. The predicted molar refractivity (Wildman–Crippen MR) is 78.0 cm³/mol. The van der Waals surface area contributed by atoms with Gasteiger partial charge in [0.2, 0.25) is 0 Å². The van der Waals surface area contributed by atoms with E-state index in [4.69, 9.17) is 4.74 Å². The van der Waals surface area contributed by atoms with Gasteiger partial charge in [-0.05, 0) is 35.9 Å². The summed E-state index contributed by atoms with van der Waals surface area (Å²) in [4.78, 5) is 0.263. The van der Waals surface area contributed by atoms with E-state index in [-0.39, 0.29) is 4.90 Å². The lowest BCUT2D eigenvalue weighted by atomic mass is 10.2. The van der Waals surface area contributed by atoms with E-state index in [1.54, 1.807) is 18.2 Å². The van der Waals surface area contributed by atoms with Gasteiger partial charge in [0, 0.05) is 10.7 Å². The highest BCUT2D eigenvalue weighted by Gasteiger charge is 2.07. The number of hydrogen-bond acceptors (Lipinski definition) is 3. The summed E-state index contributed by atoms with van der Waals surface area (Å²) in [6, 6.07) is 14.3. The lowest BCUT2D eigenvalue weighted by Crippen LogP contribution is -1.99. The molecule has 0 unspecified atom stereocenters. The second-order valence-electron chi connectivity index (χ2n) is 4.17. The maximum Gasteiger partial charge on any atom is 0.175 e. The van der Waals surface area contributed by atoms with Crippen LogP contribution in [0.2, 0.25) is 0 Å². The first-order valence-electron chi connectivity index (χ1n) is 5.62. The van der Waals surface area contributed by atoms with Gasteiger partial charge in [-0.25, -0.2) is 8.42 Å². The number of ether oxygens (including phenoxy) is 1. The molecular formula is C14H13BrO3S. The number of sulfone groups is 1. The first-order valence-corrected chi connectivity index (χ1v) is 8.31. The molecule has 0 fully saturated rings. The Kier molecular flexibility index (Phi) is 4.27. The second-order valence-corrected chi connectivity index (χ2v) is 7.10. The van der Waals surface area contributed by atoms with Gasteiger partial charge < -0.3 is 4.74 Å². The van der Waals surface area contributed by atoms with Crippen LogP contribution in [0.4, 0.5) is 0 Å². The van der Waals surface area contributed by atoms with Crippen LogP contribution in [0.25, 0.3) is 0 Å². The zero-order chi connectivity index (χ0) is 13.9. The van der Waals surface area contributed by atoms with E-state index in [1.165, 1.54) is 12.3 Å². The minimum absolute atomic E-state index is 0.263. The van der Waals surface area contributed by atoms with E-state index < -0.39 is 9.84 Å². The fourth-order valence-corrected chi connectivity index (χ4v) is 2.69. The van der Waals surface area contributed by atoms with Crippen molar-refractivity contribution in [2.24, 2.45) is 0 Å². The molecule has 19 heavy (non-hydrogen) atoms. The van der Waals surface area contributed by atoms with E-state index in [0.717, 1.165) is 10.0 Å². The quantitative estimate of drug-likeness (QED) is 0.856. The molecule has 0 amide bonds. The van der Waals surface area contributed by atoms with Crippen molar-refractivity contribution in [1.82, 2.24) is 0 Å². The van der Waals surface area contributed by atoms with Gasteiger partial charge >= 0.3 is 0 Å². The molecule has 0 heterocycles. The summed E-state index contributed by atoms with van der Waals surface area (Å²) in [7, 11) is -3.20. The van der Waals surface area contributed by atoms with Gasteiger partial charge in [-0.1, -0.05) is 34.1 Å². The van der Waals surface area contributed by atoms with Crippen LogP contribution in [-0.2, 0) is 16.4 Å². The van der Waals surface area contributed by atoms with Gasteiger partial charge in [-0.2, -0.15) is 0 Å². The molecule has 0 aromatic heterocycles. The minimum atomic E-state index is -3.20. The monoisotopic (exact) mass is 340 g/mol. The third-order valence-electron chi connectivity index (χ3n) is 2.53. The highest BCUT2D eigenvalue weighted by atomic mass is 79.9. The van der Waals surface area contributed by atoms with Gasteiger partial charge in [0.15, 0.2) is 9.84 Å². The summed E-state index contributed by atoms with van der Waals surface area (Å²) in [5.41, 5.74) is 1.01. The number of halogens is 1. The lowest BCUT2D eigenvalue weighted by Gasteiger charge is -2.07. The molecule has 5 heteroatoms. The van der Waals surface area contributed by atoms with Crippen molar-refractivity contribution < 1.29 is 13.2 Å². The maximum absolute atomic E-state index is 11.4. The van der Waals surface area contributed by atoms with Crippen molar-refractivity contribution in [3.8, 4) is 5.75 Å². The Labute approximate surface area is 121 Å². The summed E-state index contributed by atoms with van der Waals surface area (Å²) >= 11 is 3.39. The fourth-order valence-electron chi connectivity index (χ4n) is 1.59. The zero-order valence-corrected chi connectivity index (χ0v) is 12.7. The molecular weight excluding hydrogens is 328 g/mol. The average Bonchev–Trinajstić information content (AvgIpc) is 2.36. The first kappa shape index (κ1) is 14.1. The smallest absolute Gasteiger partial charge is 0.175 e. The largest absolute Gasteiger partial charge is 0.489 e. The van der Waals surface area contributed by atoms with Crippen LogP contribution in [0.1, 0.15) is 5.56 Å². The van der Waals surface area contributed by atoms with E-state index in [1.807, 2.05) is 24.3 Å². The Hall–Kier alpha value is -1.33. The van der Waals surface area contributed by atoms with E-state index in [9.17, 15) is 8.42 Å². The van der Waals surface area contributed by atoms with Crippen molar-refractivity contribution >= 4 is 25.8 Å². The molecule has 0 aliphatic heterocycles. The van der Waals surface area contributed by atoms with Crippen molar-refractivity contribution in [3.05, 3.63) is 58.6 Å². The molecule has 100 valence electrons.